The first kappa shape index (κ1) is 17.0. The Hall–Kier alpha value is -2.48. The average Bonchev–Trinajstić information content (AvgIpc) is 3.49. The van der Waals surface area contributed by atoms with Crippen LogP contribution in [-0.2, 0) is 11.8 Å². The molecular weight excluding hydrogens is 332 g/mol. The van der Waals surface area contributed by atoms with Gasteiger partial charge in [-0.05, 0) is 18.9 Å². The van der Waals surface area contributed by atoms with Crippen molar-refractivity contribution in [1.29, 1.82) is 0 Å². The van der Waals surface area contributed by atoms with Crippen molar-refractivity contribution < 1.29 is 4.74 Å². The van der Waals surface area contributed by atoms with Crippen LogP contribution in [0.25, 0.3) is 0 Å². The van der Waals surface area contributed by atoms with Crippen LogP contribution in [0.3, 0.4) is 0 Å². The second-order valence-corrected chi connectivity index (χ2v) is 7.03. The predicted molar refractivity (Wildman–Crippen MR) is 98.7 cm³/mol. The Bertz CT molecular complexity index is 834. The van der Waals surface area contributed by atoms with Crippen molar-refractivity contribution in [2.75, 3.05) is 43.1 Å². The number of aryl methyl sites for hydroxylation is 1. The fourth-order valence-electron chi connectivity index (χ4n) is 3.25. The van der Waals surface area contributed by atoms with Gasteiger partial charge in [0.15, 0.2) is 5.82 Å². The minimum Gasteiger partial charge on any atom is -0.373 e. The first-order chi connectivity index (χ1) is 12.6. The summed E-state index contributed by atoms with van der Waals surface area (Å²) < 4.78 is 7.45. The topological polar surface area (TPSA) is 76.4 Å². The highest BCUT2D eigenvalue weighted by Crippen LogP contribution is 2.38. The molecule has 2 fully saturated rings. The highest BCUT2D eigenvalue weighted by atomic mass is 16.5. The quantitative estimate of drug-likeness (QED) is 0.784. The summed E-state index contributed by atoms with van der Waals surface area (Å²) >= 11 is 0. The Kier molecular flexibility index (Phi) is 4.58. The fourth-order valence-corrected chi connectivity index (χ4v) is 3.25. The van der Waals surface area contributed by atoms with Crippen LogP contribution < -0.4 is 15.4 Å². The Morgan fingerprint density at radius 2 is 2.15 bits per heavy atom. The molecule has 0 N–H and O–H groups in total. The van der Waals surface area contributed by atoms with E-state index in [0.29, 0.717) is 24.9 Å². The van der Waals surface area contributed by atoms with E-state index in [9.17, 15) is 4.79 Å². The molecule has 3 heterocycles. The molecule has 0 bridgehead atoms. The van der Waals surface area contributed by atoms with Gasteiger partial charge in [-0.3, -0.25) is 4.79 Å². The first-order valence-electron chi connectivity index (χ1n) is 9.04. The SMILES string of the molecule is CN(C[C@@H]1CN(c2ccnc(C3CC3)n2)CCO1)c1nccn(C)c1=O. The lowest BCUT2D eigenvalue weighted by atomic mass is 10.2. The molecular formula is C18H24N6O2. The van der Waals surface area contributed by atoms with Crippen LogP contribution >= 0.6 is 0 Å². The van der Waals surface area contributed by atoms with Gasteiger partial charge in [-0.2, -0.15) is 0 Å². The molecule has 8 nitrogen and oxygen atoms in total. The lowest BCUT2D eigenvalue weighted by Crippen LogP contribution is -2.48. The molecule has 0 amide bonds. The molecule has 138 valence electrons. The molecule has 1 atom stereocenters. The van der Waals surface area contributed by atoms with E-state index in [1.807, 2.05) is 24.2 Å². The standard InChI is InChI=1S/C18H24N6O2/c1-22-8-7-20-17(18(22)25)23(2)11-14-12-24(9-10-26-14)15-5-6-19-16(21-15)13-3-4-13/h5-8,13-14H,3-4,9-12H2,1-2H3/t14-/m1/s1. The van der Waals surface area contributed by atoms with Gasteiger partial charge in [0.2, 0.25) is 0 Å². The van der Waals surface area contributed by atoms with Gasteiger partial charge in [0, 0.05) is 58.2 Å². The normalized spacial score (nSPS) is 20.2. The maximum absolute atomic E-state index is 12.2. The van der Waals surface area contributed by atoms with Gasteiger partial charge in [-0.25, -0.2) is 15.0 Å². The summed E-state index contributed by atoms with van der Waals surface area (Å²) in [5.74, 6) is 2.90. The minimum absolute atomic E-state index is 0.0141. The van der Waals surface area contributed by atoms with Crippen LogP contribution in [0.5, 0.6) is 0 Å². The highest BCUT2D eigenvalue weighted by Gasteiger charge is 2.28. The summed E-state index contributed by atoms with van der Waals surface area (Å²) in [6.07, 6.45) is 7.52. The number of anilines is 2. The summed E-state index contributed by atoms with van der Waals surface area (Å²) in [6.45, 7) is 2.79. The molecule has 1 aliphatic heterocycles. The van der Waals surface area contributed by atoms with Crippen molar-refractivity contribution in [1.82, 2.24) is 19.5 Å². The maximum Gasteiger partial charge on any atom is 0.293 e. The second kappa shape index (κ2) is 7.03. The van der Waals surface area contributed by atoms with Crippen LogP contribution in [0.15, 0.2) is 29.5 Å². The Morgan fingerprint density at radius 3 is 2.96 bits per heavy atom. The fraction of sp³-hybridized carbons (Fsp3) is 0.556. The van der Waals surface area contributed by atoms with Gasteiger partial charge in [0.1, 0.15) is 11.6 Å². The maximum atomic E-state index is 12.2. The van der Waals surface area contributed by atoms with Gasteiger partial charge in [0.25, 0.3) is 5.56 Å². The highest BCUT2D eigenvalue weighted by molar-refractivity contribution is 5.40. The number of rotatable bonds is 5. The zero-order valence-electron chi connectivity index (χ0n) is 15.2. The van der Waals surface area contributed by atoms with Crippen molar-refractivity contribution >= 4 is 11.6 Å². The second-order valence-electron chi connectivity index (χ2n) is 7.03. The third kappa shape index (κ3) is 3.55. The molecule has 26 heavy (non-hydrogen) atoms. The number of morpholine rings is 1. The van der Waals surface area contributed by atoms with Crippen molar-refractivity contribution in [3.63, 3.8) is 0 Å². The summed E-state index contributed by atoms with van der Waals surface area (Å²) in [7, 11) is 3.61. The van der Waals surface area contributed by atoms with E-state index in [4.69, 9.17) is 9.72 Å². The van der Waals surface area contributed by atoms with E-state index in [0.717, 1.165) is 24.7 Å². The molecule has 0 aromatic carbocycles. The molecule has 8 heteroatoms. The third-order valence-corrected chi connectivity index (χ3v) is 4.90. The number of aromatic nitrogens is 4. The Labute approximate surface area is 152 Å². The molecule has 4 rings (SSSR count). The van der Waals surface area contributed by atoms with E-state index < -0.39 is 0 Å². The van der Waals surface area contributed by atoms with Crippen LogP contribution in [0.2, 0.25) is 0 Å². The lowest BCUT2D eigenvalue weighted by Gasteiger charge is -2.35. The number of nitrogens with zero attached hydrogens (tertiary/aromatic N) is 6. The zero-order chi connectivity index (χ0) is 18.1. The Balaban J connectivity index is 1.44. The molecule has 1 saturated heterocycles. The molecule has 2 aliphatic rings. The predicted octanol–water partition coefficient (Wildman–Crippen LogP) is 0.789. The summed E-state index contributed by atoms with van der Waals surface area (Å²) in [5.41, 5.74) is -0.104. The number of likely N-dealkylation sites (N-methyl/N-ethyl adjacent to an activating group) is 1. The van der Waals surface area contributed by atoms with E-state index in [-0.39, 0.29) is 11.7 Å². The number of ether oxygens (including phenoxy) is 1. The van der Waals surface area contributed by atoms with Crippen molar-refractivity contribution in [2.24, 2.45) is 7.05 Å². The minimum atomic E-state index is -0.104. The molecule has 1 aliphatic carbocycles. The molecule has 0 spiro atoms. The van der Waals surface area contributed by atoms with Crippen LogP contribution in [-0.4, -0.2) is 58.9 Å². The smallest absolute Gasteiger partial charge is 0.293 e. The third-order valence-electron chi connectivity index (χ3n) is 4.90. The largest absolute Gasteiger partial charge is 0.373 e. The monoisotopic (exact) mass is 356 g/mol. The van der Waals surface area contributed by atoms with E-state index in [1.165, 1.54) is 17.4 Å². The van der Waals surface area contributed by atoms with Gasteiger partial charge < -0.3 is 19.1 Å². The summed E-state index contributed by atoms with van der Waals surface area (Å²) in [4.78, 5) is 29.7. The van der Waals surface area contributed by atoms with Gasteiger partial charge in [0.05, 0.1) is 12.7 Å². The number of hydrogen-bond donors (Lipinski definition) is 0. The van der Waals surface area contributed by atoms with Crippen molar-refractivity contribution in [3.05, 3.63) is 40.8 Å². The molecule has 2 aromatic heterocycles. The first-order valence-corrected chi connectivity index (χ1v) is 9.04. The summed E-state index contributed by atoms with van der Waals surface area (Å²) in [6, 6.07) is 1.96. The van der Waals surface area contributed by atoms with Gasteiger partial charge >= 0.3 is 0 Å². The van der Waals surface area contributed by atoms with E-state index in [1.54, 1.807) is 19.4 Å². The van der Waals surface area contributed by atoms with Gasteiger partial charge in [-0.1, -0.05) is 0 Å². The number of hydrogen-bond acceptors (Lipinski definition) is 7. The molecule has 2 aromatic rings. The van der Waals surface area contributed by atoms with Crippen LogP contribution in [0.1, 0.15) is 24.6 Å². The van der Waals surface area contributed by atoms with E-state index in [2.05, 4.69) is 14.9 Å². The van der Waals surface area contributed by atoms with E-state index >= 15 is 0 Å². The van der Waals surface area contributed by atoms with Gasteiger partial charge in [-0.15, -0.1) is 0 Å². The lowest BCUT2D eigenvalue weighted by molar-refractivity contribution is 0.0455. The van der Waals surface area contributed by atoms with Crippen LogP contribution in [0.4, 0.5) is 11.6 Å². The zero-order valence-corrected chi connectivity index (χ0v) is 15.2. The molecule has 1 saturated carbocycles. The van der Waals surface area contributed by atoms with Crippen molar-refractivity contribution in [2.45, 2.75) is 24.9 Å². The Morgan fingerprint density at radius 1 is 1.31 bits per heavy atom. The molecule has 0 radical (unpaired) electrons. The average molecular weight is 356 g/mol. The molecule has 0 unspecified atom stereocenters. The van der Waals surface area contributed by atoms with Crippen LogP contribution in [0, 0.1) is 0 Å². The summed E-state index contributed by atoms with van der Waals surface area (Å²) in [5, 5.41) is 0. The van der Waals surface area contributed by atoms with Crippen molar-refractivity contribution in [3.8, 4) is 0 Å².